The molecule has 0 spiro atoms. The maximum absolute atomic E-state index is 6.73. The van der Waals surface area contributed by atoms with Gasteiger partial charge in [0.1, 0.15) is 0 Å². The van der Waals surface area contributed by atoms with E-state index in [9.17, 15) is 0 Å². The van der Waals surface area contributed by atoms with Gasteiger partial charge in [-0.05, 0) is 73.1 Å². The lowest BCUT2D eigenvalue weighted by Gasteiger charge is -2.29. The number of anilines is 1. The predicted molar refractivity (Wildman–Crippen MR) is 121 cm³/mol. The summed E-state index contributed by atoms with van der Waals surface area (Å²) in [5, 5.41) is 0. The molecule has 0 heterocycles. The van der Waals surface area contributed by atoms with Crippen LogP contribution in [0.2, 0.25) is 0 Å². The van der Waals surface area contributed by atoms with Crippen molar-refractivity contribution in [2.75, 3.05) is 5.73 Å². The highest BCUT2D eigenvalue weighted by molar-refractivity contribution is 5.49. The van der Waals surface area contributed by atoms with Gasteiger partial charge in [0, 0.05) is 11.7 Å². The Kier molecular flexibility index (Phi) is 7.11. The summed E-state index contributed by atoms with van der Waals surface area (Å²) in [4.78, 5) is 0. The van der Waals surface area contributed by atoms with Crippen LogP contribution in [-0.2, 0) is 0 Å². The molecule has 4 atom stereocenters. The number of benzene rings is 2. The summed E-state index contributed by atoms with van der Waals surface area (Å²) in [6, 6.07) is 17.5. The molecule has 2 nitrogen and oxygen atoms in total. The second kappa shape index (κ2) is 9.75. The first-order valence-corrected chi connectivity index (χ1v) is 10.6. The highest BCUT2D eigenvalue weighted by Gasteiger charge is 2.24. The molecule has 0 radical (unpaired) electrons. The molecule has 2 aromatic carbocycles. The number of aryl methyl sites for hydroxylation is 1. The van der Waals surface area contributed by atoms with E-state index in [1.807, 2.05) is 0 Å². The quantitative estimate of drug-likeness (QED) is 0.549. The third-order valence-corrected chi connectivity index (χ3v) is 6.26. The van der Waals surface area contributed by atoms with Crippen LogP contribution in [0, 0.1) is 12.8 Å². The van der Waals surface area contributed by atoms with Gasteiger partial charge in [-0.1, -0.05) is 73.7 Å². The van der Waals surface area contributed by atoms with Crippen LogP contribution in [0.25, 0.3) is 0 Å². The first-order valence-electron chi connectivity index (χ1n) is 10.6. The molecule has 0 amide bonds. The van der Waals surface area contributed by atoms with Crippen molar-refractivity contribution < 1.29 is 0 Å². The van der Waals surface area contributed by atoms with Crippen molar-refractivity contribution in [1.82, 2.24) is 0 Å². The Balaban J connectivity index is 1.73. The highest BCUT2D eigenvalue weighted by atomic mass is 14.7. The normalized spacial score (nSPS) is 19.3. The lowest BCUT2D eigenvalue weighted by Crippen LogP contribution is -2.29. The fourth-order valence-electron chi connectivity index (χ4n) is 4.47. The molecule has 148 valence electrons. The highest BCUT2D eigenvalue weighted by Crippen LogP contribution is 2.36. The Morgan fingerprint density at radius 1 is 1.00 bits per heavy atom. The summed E-state index contributed by atoms with van der Waals surface area (Å²) < 4.78 is 0. The van der Waals surface area contributed by atoms with Crippen LogP contribution >= 0.6 is 0 Å². The fourth-order valence-corrected chi connectivity index (χ4v) is 4.47. The van der Waals surface area contributed by atoms with E-state index in [1.54, 1.807) is 0 Å². The molecule has 0 saturated heterocycles. The standard InChI is InChI=1S/C26H34N2/c1-3-23(22-15-14-19(2)26(28)18-22)25(27)17-16-24(20-10-6-4-7-11-20)21-12-8-5-9-13-21/h4-12,14-15,18,21,23-25H,3,13,16-17,27-28H2,1-2H3/t21?,23?,24?,25-/m1/s1. The summed E-state index contributed by atoms with van der Waals surface area (Å²) in [7, 11) is 0. The third-order valence-electron chi connectivity index (χ3n) is 6.26. The van der Waals surface area contributed by atoms with Gasteiger partial charge in [0.25, 0.3) is 0 Å². The van der Waals surface area contributed by atoms with Gasteiger partial charge in [0.05, 0.1) is 0 Å². The Morgan fingerprint density at radius 3 is 2.43 bits per heavy atom. The zero-order valence-electron chi connectivity index (χ0n) is 17.2. The van der Waals surface area contributed by atoms with Crippen LogP contribution in [0.4, 0.5) is 5.69 Å². The summed E-state index contributed by atoms with van der Waals surface area (Å²) >= 11 is 0. The van der Waals surface area contributed by atoms with Crippen LogP contribution < -0.4 is 11.5 Å². The first-order chi connectivity index (χ1) is 13.6. The van der Waals surface area contributed by atoms with E-state index in [2.05, 4.69) is 86.7 Å². The topological polar surface area (TPSA) is 52.0 Å². The van der Waals surface area contributed by atoms with Crippen LogP contribution in [0.3, 0.4) is 0 Å². The molecular formula is C26H34N2. The van der Waals surface area contributed by atoms with Crippen molar-refractivity contribution in [3.8, 4) is 0 Å². The second-order valence-electron chi connectivity index (χ2n) is 8.10. The van der Waals surface area contributed by atoms with Crippen LogP contribution in [0.5, 0.6) is 0 Å². The summed E-state index contributed by atoms with van der Waals surface area (Å²) in [5.74, 6) is 1.41. The van der Waals surface area contributed by atoms with Gasteiger partial charge in [-0.3, -0.25) is 0 Å². The minimum Gasteiger partial charge on any atom is -0.399 e. The molecule has 0 aliphatic heterocycles. The summed E-state index contributed by atoms with van der Waals surface area (Å²) in [6.45, 7) is 4.28. The summed E-state index contributed by atoms with van der Waals surface area (Å²) in [6.07, 6.45) is 13.2. The Hall–Kier alpha value is -2.32. The van der Waals surface area contributed by atoms with Crippen molar-refractivity contribution in [3.63, 3.8) is 0 Å². The van der Waals surface area contributed by atoms with Crippen molar-refractivity contribution in [2.24, 2.45) is 11.7 Å². The van der Waals surface area contributed by atoms with Crippen LogP contribution in [0.15, 0.2) is 72.8 Å². The van der Waals surface area contributed by atoms with Gasteiger partial charge >= 0.3 is 0 Å². The van der Waals surface area contributed by atoms with Gasteiger partial charge in [-0.15, -0.1) is 0 Å². The molecule has 28 heavy (non-hydrogen) atoms. The average molecular weight is 375 g/mol. The van der Waals surface area contributed by atoms with Crippen molar-refractivity contribution >= 4 is 5.69 Å². The molecule has 0 bridgehead atoms. The molecule has 4 N–H and O–H groups in total. The molecule has 0 saturated carbocycles. The Labute approximate surface area is 170 Å². The number of hydrogen-bond donors (Lipinski definition) is 2. The molecule has 2 heteroatoms. The number of allylic oxidation sites excluding steroid dienone is 4. The lowest BCUT2D eigenvalue weighted by atomic mass is 9.77. The molecule has 3 rings (SSSR count). The minimum absolute atomic E-state index is 0.140. The Morgan fingerprint density at radius 2 is 1.79 bits per heavy atom. The van der Waals surface area contributed by atoms with Crippen LogP contribution in [0.1, 0.15) is 61.1 Å². The number of hydrogen-bond acceptors (Lipinski definition) is 2. The Bertz CT molecular complexity index is 806. The first kappa shape index (κ1) is 20.4. The maximum atomic E-state index is 6.73. The van der Waals surface area contributed by atoms with Crippen molar-refractivity contribution in [2.45, 2.75) is 57.4 Å². The van der Waals surface area contributed by atoms with Crippen molar-refractivity contribution in [3.05, 3.63) is 89.5 Å². The van der Waals surface area contributed by atoms with E-state index in [4.69, 9.17) is 11.5 Å². The fraction of sp³-hybridized carbons (Fsp3) is 0.385. The maximum Gasteiger partial charge on any atom is 0.0346 e. The van der Waals surface area contributed by atoms with Gasteiger partial charge in [0.15, 0.2) is 0 Å². The molecule has 0 fully saturated rings. The van der Waals surface area contributed by atoms with Gasteiger partial charge in [-0.2, -0.15) is 0 Å². The number of rotatable bonds is 8. The average Bonchev–Trinajstić information content (AvgIpc) is 2.73. The zero-order valence-corrected chi connectivity index (χ0v) is 17.2. The van der Waals surface area contributed by atoms with E-state index < -0.39 is 0 Å². The summed E-state index contributed by atoms with van der Waals surface area (Å²) in [5.41, 5.74) is 17.6. The van der Waals surface area contributed by atoms with E-state index in [-0.39, 0.29) is 6.04 Å². The predicted octanol–water partition coefficient (Wildman–Crippen LogP) is 6.09. The number of nitrogens with two attached hydrogens (primary N) is 2. The zero-order chi connectivity index (χ0) is 19.9. The van der Waals surface area contributed by atoms with Gasteiger partial charge < -0.3 is 11.5 Å². The molecule has 0 aromatic heterocycles. The lowest BCUT2D eigenvalue weighted by molar-refractivity contribution is 0.407. The molecule has 2 aromatic rings. The van der Waals surface area contributed by atoms with Crippen LogP contribution in [-0.4, -0.2) is 6.04 Å². The van der Waals surface area contributed by atoms with Crippen molar-refractivity contribution in [1.29, 1.82) is 0 Å². The van der Waals surface area contributed by atoms with Gasteiger partial charge in [0.2, 0.25) is 0 Å². The molecular weight excluding hydrogens is 340 g/mol. The van der Waals surface area contributed by atoms with E-state index >= 15 is 0 Å². The molecule has 1 aliphatic rings. The number of nitrogen functional groups attached to an aromatic ring is 1. The largest absolute Gasteiger partial charge is 0.399 e. The second-order valence-corrected chi connectivity index (χ2v) is 8.10. The molecule has 3 unspecified atom stereocenters. The van der Waals surface area contributed by atoms with E-state index in [0.717, 1.165) is 36.9 Å². The van der Waals surface area contributed by atoms with E-state index in [0.29, 0.717) is 17.8 Å². The molecule has 1 aliphatic carbocycles. The van der Waals surface area contributed by atoms with E-state index in [1.165, 1.54) is 11.1 Å². The third kappa shape index (κ3) is 4.94. The minimum atomic E-state index is 0.140. The van der Waals surface area contributed by atoms with Gasteiger partial charge in [-0.25, -0.2) is 0 Å². The SMILES string of the molecule is CCC(c1ccc(C)c(N)c1)[C@H](N)CCC(c1ccccc1)C1C=CC=CC1. The monoisotopic (exact) mass is 374 g/mol. The smallest absolute Gasteiger partial charge is 0.0346 e.